The van der Waals surface area contributed by atoms with Gasteiger partial charge in [-0.3, -0.25) is 14.7 Å². The van der Waals surface area contributed by atoms with Crippen LogP contribution in [0.3, 0.4) is 0 Å². The summed E-state index contributed by atoms with van der Waals surface area (Å²) in [5.74, 6) is -0.650. The minimum absolute atomic E-state index is 0.170. The van der Waals surface area contributed by atoms with Crippen molar-refractivity contribution in [3.63, 3.8) is 0 Å². The average Bonchev–Trinajstić information content (AvgIpc) is 2.07. The summed E-state index contributed by atoms with van der Waals surface area (Å²) in [6.45, 7) is 1.98. The van der Waals surface area contributed by atoms with Crippen molar-refractivity contribution in [2.45, 2.75) is 19.0 Å². The van der Waals surface area contributed by atoms with Crippen molar-refractivity contribution in [1.29, 1.82) is 0 Å². The van der Waals surface area contributed by atoms with Gasteiger partial charge in [-0.15, -0.1) is 0 Å². The second-order valence-electron chi connectivity index (χ2n) is 3.78. The molecule has 1 N–H and O–H groups in total. The smallest absolute Gasteiger partial charge is 0.323 e. The number of nitrogens with zero attached hydrogens (tertiary/aromatic N) is 2. The van der Waals surface area contributed by atoms with Crippen LogP contribution in [0.25, 0.3) is 0 Å². The molecule has 0 aromatic rings. The molecule has 0 aliphatic carbocycles. The van der Waals surface area contributed by atoms with E-state index >= 15 is 0 Å². The Labute approximate surface area is 83.9 Å². The predicted molar refractivity (Wildman–Crippen MR) is 55.7 cm³/mol. The van der Waals surface area contributed by atoms with Crippen molar-refractivity contribution in [1.82, 2.24) is 4.90 Å². The SMILES string of the molecule is CC1C=CC=NC1C(C(=O)O)N(C)C. The Kier molecular flexibility index (Phi) is 3.41. The van der Waals surface area contributed by atoms with Gasteiger partial charge in [0.2, 0.25) is 0 Å². The zero-order valence-corrected chi connectivity index (χ0v) is 8.71. The number of carboxylic acid groups (broad SMARTS) is 1. The van der Waals surface area contributed by atoms with E-state index in [4.69, 9.17) is 5.11 Å². The Morgan fingerprint density at radius 2 is 2.21 bits per heavy atom. The summed E-state index contributed by atoms with van der Waals surface area (Å²) in [6, 6.07) is -0.737. The van der Waals surface area contributed by atoms with Crippen LogP contribution in [0.2, 0.25) is 0 Å². The number of hydrogen-bond acceptors (Lipinski definition) is 3. The van der Waals surface area contributed by atoms with Gasteiger partial charge < -0.3 is 5.11 Å². The molecule has 3 atom stereocenters. The Balaban J connectivity index is 2.83. The molecule has 4 heteroatoms. The minimum Gasteiger partial charge on any atom is -0.480 e. The molecule has 1 heterocycles. The number of aliphatic imine (C=N–C) groups is 1. The van der Waals surface area contributed by atoms with Gasteiger partial charge in [0.15, 0.2) is 0 Å². The quantitative estimate of drug-likeness (QED) is 0.721. The largest absolute Gasteiger partial charge is 0.480 e. The lowest BCUT2D eigenvalue weighted by molar-refractivity contribution is -0.143. The number of likely N-dealkylation sites (N-methyl/N-ethyl adjacent to an activating group) is 1. The molecule has 0 saturated carbocycles. The average molecular weight is 196 g/mol. The molecule has 0 radical (unpaired) electrons. The highest BCUT2D eigenvalue weighted by molar-refractivity contribution is 5.77. The molecule has 14 heavy (non-hydrogen) atoms. The lowest BCUT2D eigenvalue weighted by Crippen LogP contribution is -2.47. The Hall–Kier alpha value is -1.16. The summed E-state index contributed by atoms with van der Waals surface area (Å²) in [6.07, 6.45) is 5.51. The molecule has 1 aliphatic heterocycles. The second kappa shape index (κ2) is 4.37. The summed E-state index contributed by atoms with van der Waals surface area (Å²) in [7, 11) is 3.53. The number of hydrogen-bond donors (Lipinski definition) is 1. The summed E-state index contributed by atoms with van der Waals surface area (Å²) < 4.78 is 0. The van der Waals surface area contributed by atoms with E-state index in [1.165, 1.54) is 0 Å². The van der Waals surface area contributed by atoms with Gasteiger partial charge in [-0.05, 0) is 26.1 Å². The van der Waals surface area contributed by atoms with Gasteiger partial charge in [0.1, 0.15) is 6.04 Å². The molecule has 0 aromatic carbocycles. The highest BCUT2D eigenvalue weighted by Crippen LogP contribution is 2.18. The van der Waals surface area contributed by atoms with Gasteiger partial charge in [-0.1, -0.05) is 13.0 Å². The first-order valence-electron chi connectivity index (χ1n) is 4.63. The van der Waals surface area contributed by atoms with E-state index in [2.05, 4.69) is 4.99 Å². The normalized spacial score (nSPS) is 28.0. The molecular formula is C10H16N2O2. The molecule has 0 bridgehead atoms. The zero-order chi connectivity index (χ0) is 10.7. The van der Waals surface area contributed by atoms with E-state index in [0.717, 1.165) is 0 Å². The minimum atomic E-state index is -0.820. The molecule has 0 aromatic heterocycles. The van der Waals surface area contributed by atoms with Crippen molar-refractivity contribution in [2.24, 2.45) is 10.9 Å². The van der Waals surface area contributed by atoms with Gasteiger partial charge in [0, 0.05) is 6.21 Å². The van der Waals surface area contributed by atoms with Crippen LogP contribution in [0.4, 0.5) is 0 Å². The number of aliphatic carboxylic acids is 1. The molecule has 0 amide bonds. The Bertz CT molecular complexity index is 271. The van der Waals surface area contributed by atoms with E-state index in [9.17, 15) is 4.79 Å². The third-order valence-corrected chi connectivity index (χ3v) is 2.43. The lowest BCUT2D eigenvalue weighted by atomic mass is 9.93. The van der Waals surface area contributed by atoms with Gasteiger partial charge in [0.25, 0.3) is 0 Å². The van der Waals surface area contributed by atoms with Crippen molar-refractivity contribution in [3.05, 3.63) is 12.2 Å². The molecule has 3 unspecified atom stereocenters. The zero-order valence-electron chi connectivity index (χ0n) is 8.71. The number of carbonyl (C=O) groups is 1. The maximum atomic E-state index is 11.0. The van der Waals surface area contributed by atoms with Gasteiger partial charge in [0.05, 0.1) is 6.04 Å². The number of carboxylic acids is 1. The summed E-state index contributed by atoms with van der Waals surface area (Å²) in [5.41, 5.74) is 0. The molecule has 78 valence electrons. The number of allylic oxidation sites excluding steroid dienone is 1. The summed E-state index contributed by atoms with van der Waals surface area (Å²) in [4.78, 5) is 17.0. The fourth-order valence-corrected chi connectivity index (χ4v) is 1.67. The monoisotopic (exact) mass is 196 g/mol. The van der Waals surface area contributed by atoms with Crippen LogP contribution in [0, 0.1) is 5.92 Å². The van der Waals surface area contributed by atoms with E-state index in [1.807, 2.05) is 19.1 Å². The van der Waals surface area contributed by atoms with Gasteiger partial charge in [-0.2, -0.15) is 0 Å². The maximum Gasteiger partial charge on any atom is 0.323 e. The molecule has 1 rings (SSSR count). The van der Waals surface area contributed by atoms with Crippen LogP contribution >= 0.6 is 0 Å². The highest BCUT2D eigenvalue weighted by atomic mass is 16.4. The molecule has 0 saturated heterocycles. The highest BCUT2D eigenvalue weighted by Gasteiger charge is 2.33. The first kappa shape index (κ1) is 10.9. The fourth-order valence-electron chi connectivity index (χ4n) is 1.67. The van der Waals surface area contributed by atoms with Crippen molar-refractivity contribution in [2.75, 3.05) is 14.1 Å². The topological polar surface area (TPSA) is 52.9 Å². The Morgan fingerprint density at radius 1 is 1.57 bits per heavy atom. The van der Waals surface area contributed by atoms with Crippen LogP contribution in [0.1, 0.15) is 6.92 Å². The third-order valence-electron chi connectivity index (χ3n) is 2.43. The van der Waals surface area contributed by atoms with Crippen LogP contribution in [0.5, 0.6) is 0 Å². The number of dihydropyridines is 1. The first-order valence-corrected chi connectivity index (χ1v) is 4.63. The van der Waals surface area contributed by atoms with Crippen molar-refractivity contribution in [3.8, 4) is 0 Å². The second-order valence-corrected chi connectivity index (χ2v) is 3.78. The summed E-state index contributed by atoms with van der Waals surface area (Å²) in [5, 5.41) is 9.07. The molecule has 0 fully saturated rings. The van der Waals surface area contributed by atoms with Crippen LogP contribution in [0.15, 0.2) is 17.1 Å². The van der Waals surface area contributed by atoms with Crippen LogP contribution in [-0.4, -0.2) is 48.4 Å². The van der Waals surface area contributed by atoms with Crippen molar-refractivity contribution >= 4 is 12.2 Å². The van der Waals surface area contributed by atoms with Crippen LogP contribution in [-0.2, 0) is 4.79 Å². The third kappa shape index (κ3) is 2.20. The molecule has 4 nitrogen and oxygen atoms in total. The lowest BCUT2D eigenvalue weighted by Gasteiger charge is -2.30. The summed E-state index contributed by atoms with van der Waals surface area (Å²) >= 11 is 0. The Morgan fingerprint density at radius 3 is 2.64 bits per heavy atom. The maximum absolute atomic E-state index is 11.0. The fraction of sp³-hybridized carbons (Fsp3) is 0.600. The first-order chi connectivity index (χ1) is 6.54. The predicted octanol–water partition coefficient (Wildman–Crippen LogP) is 0.647. The van der Waals surface area contributed by atoms with Crippen molar-refractivity contribution < 1.29 is 9.90 Å². The van der Waals surface area contributed by atoms with Crippen LogP contribution < -0.4 is 0 Å². The molecule has 1 aliphatic rings. The molecule has 0 spiro atoms. The van der Waals surface area contributed by atoms with Gasteiger partial charge >= 0.3 is 5.97 Å². The van der Waals surface area contributed by atoms with E-state index in [-0.39, 0.29) is 12.0 Å². The van der Waals surface area contributed by atoms with E-state index in [0.29, 0.717) is 0 Å². The van der Waals surface area contributed by atoms with E-state index in [1.54, 1.807) is 25.2 Å². The molecular weight excluding hydrogens is 180 g/mol. The van der Waals surface area contributed by atoms with Gasteiger partial charge in [-0.25, -0.2) is 0 Å². The standard InChI is InChI=1S/C10H16N2O2/c1-7-5-4-6-11-8(7)9(10(13)14)12(2)3/h4-9H,1-3H3,(H,13,14). The number of rotatable bonds is 3. The van der Waals surface area contributed by atoms with E-state index < -0.39 is 12.0 Å².